The van der Waals surface area contributed by atoms with E-state index < -0.39 is 0 Å². The predicted octanol–water partition coefficient (Wildman–Crippen LogP) is 4.65. The van der Waals surface area contributed by atoms with Crippen LogP contribution in [0.3, 0.4) is 0 Å². The zero-order valence-electron chi connectivity index (χ0n) is 10.7. The van der Waals surface area contributed by atoms with Crippen LogP contribution in [-0.2, 0) is 18.2 Å². The molecule has 1 aromatic carbocycles. The lowest BCUT2D eigenvalue weighted by Gasteiger charge is -2.16. The van der Waals surface area contributed by atoms with Crippen molar-refractivity contribution in [1.29, 1.82) is 0 Å². The molecule has 2 aromatic rings. The number of fused-ring (bicyclic) bond motifs is 1. The molecule has 0 radical (unpaired) electrons. The average Bonchev–Trinajstić information content (AvgIpc) is 2.48. The van der Waals surface area contributed by atoms with E-state index in [-0.39, 0.29) is 0 Å². The first-order valence-electron chi connectivity index (χ1n) is 6.66. The summed E-state index contributed by atoms with van der Waals surface area (Å²) < 4.78 is 5.82. The standard InChI is InChI=1S/C16H16BrNO/c17-10-12-5-8-16(18-11-12)19-15-7-6-13-3-1-2-4-14(13)9-15/h5-9,11H,1-4,10H2. The van der Waals surface area contributed by atoms with Gasteiger partial charge < -0.3 is 4.74 Å². The molecule has 0 amide bonds. The van der Waals surface area contributed by atoms with Crippen molar-refractivity contribution in [2.45, 2.75) is 31.0 Å². The molecule has 1 aromatic heterocycles. The van der Waals surface area contributed by atoms with Gasteiger partial charge in [-0.15, -0.1) is 0 Å². The quantitative estimate of drug-likeness (QED) is 0.769. The molecule has 19 heavy (non-hydrogen) atoms. The zero-order valence-corrected chi connectivity index (χ0v) is 12.3. The van der Waals surface area contributed by atoms with Crippen LogP contribution in [0.1, 0.15) is 29.5 Å². The van der Waals surface area contributed by atoms with Crippen LogP contribution >= 0.6 is 15.9 Å². The second-order valence-corrected chi connectivity index (χ2v) is 5.44. The van der Waals surface area contributed by atoms with E-state index in [1.807, 2.05) is 24.4 Å². The fourth-order valence-corrected chi connectivity index (χ4v) is 2.78. The lowest BCUT2D eigenvalue weighted by molar-refractivity contribution is 0.461. The van der Waals surface area contributed by atoms with Crippen molar-refractivity contribution in [3.63, 3.8) is 0 Å². The van der Waals surface area contributed by atoms with Gasteiger partial charge in [-0.2, -0.15) is 0 Å². The van der Waals surface area contributed by atoms with Crippen molar-refractivity contribution in [2.24, 2.45) is 0 Å². The van der Waals surface area contributed by atoms with Crippen molar-refractivity contribution in [3.05, 3.63) is 53.2 Å². The minimum atomic E-state index is 0.653. The van der Waals surface area contributed by atoms with Crippen LogP contribution in [0.15, 0.2) is 36.5 Å². The number of aryl methyl sites for hydroxylation is 2. The Morgan fingerprint density at radius 1 is 1.05 bits per heavy atom. The summed E-state index contributed by atoms with van der Waals surface area (Å²) >= 11 is 3.41. The summed E-state index contributed by atoms with van der Waals surface area (Å²) in [6.07, 6.45) is 6.80. The molecule has 0 bridgehead atoms. The maximum Gasteiger partial charge on any atom is 0.219 e. The Morgan fingerprint density at radius 3 is 2.63 bits per heavy atom. The number of hydrogen-bond acceptors (Lipinski definition) is 2. The van der Waals surface area contributed by atoms with Gasteiger partial charge in [0.05, 0.1) is 0 Å². The third-order valence-corrected chi connectivity index (χ3v) is 4.14. The van der Waals surface area contributed by atoms with Crippen LogP contribution in [-0.4, -0.2) is 4.98 Å². The van der Waals surface area contributed by atoms with E-state index in [9.17, 15) is 0 Å². The molecule has 1 heterocycles. The van der Waals surface area contributed by atoms with Gasteiger partial charge >= 0.3 is 0 Å². The third kappa shape index (κ3) is 2.98. The Morgan fingerprint density at radius 2 is 1.89 bits per heavy atom. The van der Waals surface area contributed by atoms with E-state index in [0.717, 1.165) is 16.6 Å². The molecule has 0 N–H and O–H groups in total. The van der Waals surface area contributed by atoms with E-state index >= 15 is 0 Å². The predicted molar refractivity (Wildman–Crippen MR) is 80.0 cm³/mol. The van der Waals surface area contributed by atoms with Crippen LogP contribution in [0.4, 0.5) is 0 Å². The highest BCUT2D eigenvalue weighted by Gasteiger charge is 2.10. The average molecular weight is 318 g/mol. The molecule has 0 spiro atoms. The molecule has 3 heteroatoms. The summed E-state index contributed by atoms with van der Waals surface area (Å²) in [4.78, 5) is 4.30. The Bertz CT molecular complexity index is 565. The third-order valence-electron chi connectivity index (χ3n) is 3.49. The molecular weight excluding hydrogens is 302 g/mol. The Kier molecular flexibility index (Phi) is 3.83. The second kappa shape index (κ2) is 5.74. The van der Waals surface area contributed by atoms with Gasteiger partial charge in [0.2, 0.25) is 5.88 Å². The number of nitrogens with zero attached hydrogens (tertiary/aromatic N) is 1. The topological polar surface area (TPSA) is 22.1 Å². The first-order valence-corrected chi connectivity index (χ1v) is 7.78. The molecule has 0 saturated carbocycles. The summed E-state index contributed by atoms with van der Waals surface area (Å²) in [7, 11) is 0. The Labute approximate surface area is 122 Å². The molecule has 2 nitrogen and oxygen atoms in total. The van der Waals surface area contributed by atoms with Gasteiger partial charge in [-0.1, -0.05) is 28.1 Å². The molecule has 1 aliphatic carbocycles. The van der Waals surface area contributed by atoms with E-state index in [1.165, 1.54) is 36.8 Å². The molecule has 98 valence electrons. The smallest absolute Gasteiger partial charge is 0.219 e. The van der Waals surface area contributed by atoms with E-state index in [0.29, 0.717) is 5.88 Å². The molecule has 0 aliphatic heterocycles. The molecule has 1 aliphatic rings. The van der Waals surface area contributed by atoms with Crippen LogP contribution < -0.4 is 4.74 Å². The van der Waals surface area contributed by atoms with Crippen molar-refractivity contribution in [3.8, 4) is 11.6 Å². The van der Waals surface area contributed by atoms with Crippen LogP contribution in [0.25, 0.3) is 0 Å². The lowest BCUT2D eigenvalue weighted by atomic mass is 9.92. The largest absolute Gasteiger partial charge is 0.439 e. The first kappa shape index (κ1) is 12.7. The molecule has 0 saturated heterocycles. The summed E-state index contributed by atoms with van der Waals surface area (Å²) in [6, 6.07) is 10.3. The fraction of sp³-hybridized carbons (Fsp3) is 0.312. The van der Waals surface area contributed by atoms with Crippen LogP contribution in [0.5, 0.6) is 11.6 Å². The highest BCUT2D eigenvalue weighted by atomic mass is 79.9. The Balaban J connectivity index is 1.78. The molecule has 3 rings (SSSR count). The zero-order chi connectivity index (χ0) is 13.1. The maximum absolute atomic E-state index is 5.82. The highest BCUT2D eigenvalue weighted by Crippen LogP contribution is 2.27. The lowest BCUT2D eigenvalue weighted by Crippen LogP contribution is -2.02. The van der Waals surface area contributed by atoms with Crippen molar-refractivity contribution >= 4 is 15.9 Å². The van der Waals surface area contributed by atoms with Crippen LogP contribution in [0.2, 0.25) is 0 Å². The summed E-state index contributed by atoms with van der Waals surface area (Å²) in [5.41, 5.74) is 4.06. The van der Waals surface area contributed by atoms with Crippen molar-refractivity contribution in [1.82, 2.24) is 4.98 Å². The molecule has 0 fully saturated rings. The number of ether oxygens (including phenoxy) is 1. The van der Waals surface area contributed by atoms with Crippen molar-refractivity contribution in [2.75, 3.05) is 0 Å². The monoisotopic (exact) mass is 317 g/mol. The number of pyridine rings is 1. The number of aromatic nitrogens is 1. The van der Waals surface area contributed by atoms with Gasteiger partial charge in [0.25, 0.3) is 0 Å². The second-order valence-electron chi connectivity index (χ2n) is 4.88. The molecule has 0 unspecified atom stereocenters. The number of benzene rings is 1. The maximum atomic E-state index is 5.82. The summed E-state index contributed by atoms with van der Waals surface area (Å²) in [6.45, 7) is 0. The molecular formula is C16H16BrNO. The summed E-state index contributed by atoms with van der Waals surface area (Å²) in [5, 5.41) is 0.819. The van der Waals surface area contributed by atoms with E-state index in [2.05, 4.69) is 33.0 Å². The van der Waals surface area contributed by atoms with Crippen LogP contribution in [0, 0.1) is 0 Å². The minimum Gasteiger partial charge on any atom is -0.439 e. The number of halogens is 1. The normalized spacial score (nSPS) is 13.9. The number of rotatable bonds is 3. The first-order chi connectivity index (χ1) is 9.35. The van der Waals surface area contributed by atoms with Gasteiger partial charge in [0.15, 0.2) is 0 Å². The van der Waals surface area contributed by atoms with Gasteiger partial charge in [0.1, 0.15) is 5.75 Å². The van der Waals surface area contributed by atoms with Gasteiger partial charge in [-0.05, 0) is 54.5 Å². The van der Waals surface area contributed by atoms with Gasteiger partial charge in [-0.3, -0.25) is 0 Å². The summed E-state index contributed by atoms with van der Waals surface area (Å²) in [5.74, 6) is 1.54. The minimum absolute atomic E-state index is 0.653. The highest BCUT2D eigenvalue weighted by molar-refractivity contribution is 9.08. The van der Waals surface area contributed by atoms with E-state index in [4.69, 9.17) is 4.74 Å². The number of hydrogen-bond donors (Lipinski definition) is 0. The fourth-order valence-electron chi connectivity index (χ4n) is 2.44. The van der Waals surface area contributed by atoms with Gasteiger partial charge in [-0.25, -0.2) is 4.98 Å². The number of alkyl halides is 1. The molecule has 0 atom stereocenters. The SMILES string of the molecule is BrCc1ccc(Oc2ccc3c(c2)CCCC3)nc1. The van der Waals surface area contributed by atoms with Crippen molar-refractivity contribution < 1.29 is 4.74 Å². The van der Waals surface area contributed by atoms with E-state index in [1.54, 1.807) is 0 Å². The Hall–Kier alpha value is -1.35. The van der Waals surface area contributed by atoms with Gasteiger partial charge in [0, 0.05) is 17.6 Å².